The minimum absolute atomic E-state index is 0.107. The van der Waals surface area contributed by atoms with Gasteiger partial charge in [-0.25, -0.2) is 4.98 Å². The zero-order valence-electron chi connectivity index (χ0n) is 16.2. The molecule has 1 aromatic heterocycles. The van der Waals surface area contributed by atoms with Crippen LogP contribution in [0.4, 0.5) is 17.5 Å². The van der Waals surface area contributed by atoms with E-state index in [1.165, 1.54) is 12.8 Å². The molecule has 2 N–H and O–H groups in total. The van der Waals surface area contributed by atoms with Crippen molar-refractivity contribution in [3.05, 3.63) is 36.5 Å². The molecule has 0 radical (unpaired) electrons. The average molecular weight is 381 g/mol. The topological polar surface area (TPSA) is 79.4 Å². The molecule has 7 nitrogen and oxygen atoms in total. The highest BCUT2D eigenvalue weighted by Gasteiger charge is 2.33. The molecule has 0 bridgehead atoms. The lowest BCUT2D eigenvalue weighted by molar-refractivity contribution is -0.122. The van der Waals surface area contributed by atoms with Gasteiger partial charge in [0.2, 0.25) is 11.9 Å². The standard InChI is InChI=1S/C21H27N5O2/c1-28-18-11-5-4-9-16(18)24-19-12-13-22-21(25-19)26-14-6-10-17(26)20(27)23-15-7-2-3-8-15/h4-5,9,11-13,15,17H,2-3,6-8,10,14H2,1H3,(H,23,27)(H,22,24,25)/t17-/m0/s1. The van der Waals surface area contributed by atoms with Crippen LogP contribution >= 0.6 is 0 Å². The third-order valence-corrected chi connectivity index (χ3v) is 5.53. The van der Waals surface area contributed by atoms with Crippen molar-refractivity contribution < 1.29 is 9.53 Å². The van der Waals surface area contributed by atoms with Crippen molar-refractivity contribution in [2.24, 2.45) is 0 Å². The van der Waals surface area contributed by atoms with Gasteiger partial charge in [-0.05, 0) is 43.9 Å². The number of anilines is 3. The first-order valence-electron chi connectivity index (χ1n) is 10.0. The van der Waals surface area contributed by atoms with E-state index in [0.29, 0.717) is 17.8 Å². The maximum Gasteiger partial charge on any atom is 0.243 e. The first-order valence-corrected chi connectivity index (χ1v) is 10.0. The molecule has 2 fully saturated rings. The lowest BCUT2D eigenvalue weighted by atomic mass is 10.1. The van der Waals surface area contributed by atoms with Crippen LogP contribution in [0.2, 0.25) is 0 Å². The summed E-state index contributed by atoms with van der Waals surface area (Å²) in [5, 5.41) is 6.51. The van der Waals surface area contributed by atoms with Gasteiger partial charge in [0.25, 0.3) is 0 Å². The number of nitrogens with zero attached hydrogens (tertiary/aromatic N) is 3. The van der Waals surface area contributed by atoms with Crippen molar-refractivity contribution in [3.63, 3.8) is 0 Å². The van der Waals surface area contributed by atoms with E-state index in [0.717, 1.165) is 43.7 Å². The highest BCUT2D eigenvalue weighted by molar-refractivity contribution is 5.85. The number of aromatic nitrogens is 2. The molecule has 2 aromatic rings. The molecule has 1 saturated carbocycles. The normalized spacial score (nSPS) is 19.6. The molecule has 1 atom stereocenters. The van der Waals surface area contributed by atoms with Crippen molar-refractivity contribution in [1.29, 1.82) is 0 Å². The molecule has 4 rings (SSSR count). The molecule has 0 spiro atoms. The van der Waals surface area contributed by atoms with E-state index in [1.54, 1.807) is 13.3 Å². The maximum absolute atomic E-state index is 12.8. The lowest BCUT2D eigenvalue weighted by Crippen LogP contribution is -2.47. The van der Waals surface area contributed by atoms with Gasteiger partial charge in [-0.2, -0.15) is 4.98 Å². The van der Waals surface area contributed by atoms with Crippen LogP contribution in [0.3, 0.4) is 0 Å². The first kappa shape index (κ1) is 18.5. The van der Waals surface area contributed by atoms with Gasteiger partial charge in [0.05, 0.1) is 12.8 Å². The Balaban J connectivity index is 1.49. The van der Waals surface area contributed by atoms with Crippen LogP contribution in [0.25, 0.3) is 0 Å². The van der Waals surface area contributed by atoms with Gasteiger partial charge >= 0.3 is 0 Å². The Labute approximate surface area is 165 Å². The lowest BCUT2D eigenvalue weighted by Gasteiger charge is -2.25. The molecule has 1 aliphatic heterocycles. The zero-order valence-corrected chi connectivity index (χ0v) is 16.2. The highest BCUT2D eigenvalue weighted by Crippen LogP contribution is 2.28. The first-order chi connectivity index (χ1) is 13.7. The number of carbonyl (C=O) groups is 1. The number of benzene rings is 1. The highest BCUT2D eigenvalue weighted by atomic mass is 16.5. The predicted molar refractivity (Wildman–Crippen MR) is 109 cm³/mol. The van der Waals surface area contributed by atoms with Gasteiger partial charge < -0.3 is 20.3 Å². The summed E-state index contributed by atoms with van der Waals surface area (Å²) < 4.78 is 5.39. The number of hydrogen-bond donors (Lipinski definition) is 2. The van der Waals surface area contributed by atoms with E-state index in [-0.39, 0.29) is 11.9 Å². The quantitative estimate of drug-likeness (QED) is 0.800. The summed E-state index contributed by atoms with van der Waals surface area (Å²) in [5.41, 5.74) is 0.839. The number of hydrogen-bond acceptors (Lipinski definition) is 6. The molecule has 1 amide bonds. The SMILES string of the molecule is COc1ccccc1Nc1ccnc(N2CCC[C@H]2C(=O)NC2CCCC2)n1. The number of nitrogens with one attached hydrogen (secondary N) is 2. The van der Waals surface area contributed by atoms with E-state index in [2.05, 4.69) is 20.6 Å². The summed E-state index contributed by atoms with van der Waals surface area (Å²) >= 11 is 0. The zero-order chi connectivity index (χ0) is 19.3. The van der Waals surface area contributed by atoms with E-state index in [4.69, 9.17) is 4.74 Å². The van der Waals surface area contributed by atoms with E-state index < -0.39 is 0 Å². The van der Waals surface area contributed by atoms with Gasteiger partial charge in [0.15, 0.2) is 0 Å². The van der Waals surface area contributed by atoms with E-state index in [9.17, 15) is 4.79 Å². The van der Waals surface area contributed by atoms with Crippen molar-refractivity contribution in [2.75, 3.05) is 23.9 Å². The second kappa shape index (κ2) is 8.46. The number of rotatable bonds is 6. The summed E-state index contributed by atoms with van der Waals surface area (Å²) in [5.74, 6) is 2.12. The van der Waals surface area contributed by atoms with Crippen molar-refractivity contribution in [1.82, 2.24) is 15.3 Å². The number of para-hydroxylation sites is 2. The molecule has 2 heterocycles. The van der Waals surface area contributed by atoms with Gasteiger partial charge in [-0.15, -0.1) is 0 Å². The van der Waals surface area contributed by atoms with Gasteiger partial charge in [0.1, 0.15) is 17.6 Å². The number of amides is 1. The Morgan fingerprint density at radius 3 is 2.79 bits per heavy atom. The third kappa shape index (κ3) is 4.03. The van der Waals surface area contributed by atoms with Crippen LogP contribution < -0.4 is 20.3 Å². The molecule has 148 valence electrons. The summed E-state index contributed by atoms with van der Waals surface area (Å²) in [6, 6.07) is 9.66. The van der Waals surface area contributed by atoms with Crippen LogP contribution in [0, 0.1) is 0 Å². The Kier molecular flexibility index (Phi) is 5.60. The summed E-state index contributed by atoms with van der Waals surface area (Å²) in [6.07, 6.45) is 8.13. The van der Waals surface area contributed by atoms with Crippen LogP contribution in [0.1, 0.15) is 38.5 Å². The molecule has 0 unspecified atom stereocenters. The van der Waals surface area contributed by atoms with Crippen LogP contribution in [-0.4, -0.2) is 41.6 Å². The fraction of sp³-hybridized carbons (Fsp3) is 0.476. The van der Waals surface area contributed by atoms with Gasteiger partial charge in [-0.3, -0.25) is 4.79 Å². The molecule has 1 aliphatic carbocycles. The third-order valence-electron chi connectivity index (χ3n) is 5.53. The van der Waals surface area contributed by atoms with E-state index >= 15 is 0 Å². The second-order valence-electron chi connectivity index (χ2n) is 7.41. The van der Waals surface area contributed by atoms with Gasteiger partial charge in [-0.1, -0.05) is 25.0 Å². The van der Waals surface area contributed by atoms with Crippen molar-refractivity contribution in [3.8, 4) is 5.75 Å². The van der Waals surface area contributed by atoms with Crippen LogP contribution in [-0.2, 0) is 4.79 Å². The molecular weight excluding hydrogens is 354 g/mol. The Bertz CT molecular complexity index is 822. The van der Waals surface area contributed by atoms with E-state index in [1.807, 2.05) is 35.2 Å². The van der Waals surface area contributed by atoms with Crippen molar-refractivity contribution in [2.45, 2.75) is 50.6 Å². The van der Waals surface area contributed by atoms with Crippen LogP contribution in [0.5, 0.6) is 5.75 Å². The van der Waals surface area contributed by atoms with Gasteiger partial charge in [0, 0.05) is 18.8 Å². The molecule has 2 aliphatic rings. The fourth-order valence-electron chi connectivity index (χ4n) is 4.09. The molecule has 1 saturated heterocycles. The number of carbonyl (C=O) groups excluding carboxylic acids is 1. The second-order valence-corrected chi connectivity index (χ2v) is 7.41. The Morgan fingerprint density at radius 2 is 1.96 bits per heavy atom. The molecule has 28 heavy (non-hydrogen) atoms. The Hall–Kier alpha value is -2.83. The number of ether oxygens (including phenoxy) is 1. The average Bonchev–Trinajstić information content (AvgIpc) is 3.40. The minimum atomic E-state index is -0.192. The summed E-state index contributed by atoms with van der Waals surface area (Å²) in [4.78, 5) is 23.9. The fourth-order valence-corrected chi connectivity index (χ4v) is 4.09. The monoisotopic (exact) mass is 381 g/mol. The summed E-state index contributed by atoms with van der Waals surface area (Å²) in [7, 11) is 1.64. The summed E-state index contributed by atoms with van der Waals surface area (Å²) in [6.45, 7) is 0.793. The Morgan fingerprint density at radius 1 is 1.14 bits per heavy atom. The molecular formula is C21H27N5O2. The molecule has 7 heteroatoms. The minimum Gasteiger partial charge on any atom is -0.495 e. The van der Waals surface area contributed by atoms with Crippen LogP contribution in [0.15, 0.2) is 36.5 Å². The predicted octanol–water partition coefficient (Wildman–Crippen LogP) is 3.26. The number of methoxy groups -OCH3 is 1. The largest absolute Gasteiger partial charge is 0.495 e. The smallest absolute Gasteiger partial charge is 0.243 e. The molecule has 1 aromatic carbocycles. The maximum atomic E-state index is 12.8. The van der Waals surface area contributed by atoms with Crippen molar-refractivity contribution >= 4 is 23.4 Å².